The molecule has 0 aliphatic carbocycles. The summed E-state index contributed by atoms with van der Waals surface area (Å²) in [6.45, 7) is 9.32. The van der Waals surface area contributed by atoms with Crippen LogP contribution in [0.1, 0.15) is 37.7 Å². The van der Waals surface area contributed by atoms with E-state index in [1.54, 1.807) is 0 Å². The van der Waals surface area contributed by atoms with Crippen molar-refractivity contribution in [2.24, 2.45) is 0 Å². The summed E-state index contributed by atoms with van der Waals surface area (Å²) in [4.78, 5) is 0. The summed E-state index contributed by atoms with van der Waals surface area (Å²) in [6.07, 6.45) is 0. The molecular weight excluding hydrogens is 266 g/mol. The van der Waals surface area contributed by atoms with Gasteiger partial charge in [-0.15, -0.1) is 5.10 Å². The van der Waals surface area contributed by atoms with Crippen molar-refractivity contribution >= 4 is 0 Å². The molecule has 0 unspecified atom stereocenters. The lowest BCUT2D eigenvalue weighted by Crippen LogP contribution is -2.22. The van der Waals surface area contributed by atoms with Crippen LogP contribution in [0.5, 0.6) is 5.75 Å². The first-order valence-electron chi connectivity index (χ1n) is 7.15. The third-order valence-corrected chi connectivity index (χ3v) is 3.23. The molecule has 5 nitrogen and oxygen atoms in total. The van der Waals surface area contributed by atoms with Gasteiger partial charge >= 0.3 is 0 Å². The van der Waals surface area contributed by atoms with Gasteiger partial charge in [-0.2, -0.15) is 0 Å². The first-order valence-corrected chi connectivity index (χ1v) is 7.15. The van der Waals surface area contributed by atoms with Crippen LogP contribution in [0.2, 0.25) is 0 Å². The number of hydrogen-bond acceptors (Lipinski definition) is 4. The Morgan fingerprint density at radius 3 is 2.67 bits per heavy atom. The number of aromatic nitrogens is 3. The molecule has 21 heavy (non-hydrogen) atoms. The molecule has 0 aliphatic rings. The fraction of sp³-hybridized carbons (Fsp3) is 0.500. The quantitative estimate of drug-likeness (QED) is 0.918. The second-order valence-electron chi connectivity index (χ2n) is 6.18. The highest BCUT2D eigenvalue weighted by Crippen LogP contribution is 2.24. The lowest BCUT2D eigenvalue weighted by molar-refractivity contribution is 0.270. The van der Waals surface area contributed by atoms with E-state index in [4.69, 9.17) is 4.74 Å². The van der Waals surface area contributed by atoms with Crippen LogP contribution in [-0.4, -0.2) is 26.7 Å². The molecular formula is C16H23N3O2. The molecule has 0 fully saturated rings. The highest BCUT2D eigenvalue weighted by Gasteiger charge is 2.24. The summed E-state index contributed by atoms with van der Waals surface area (Å²) in [6, 6.07) is 7.96. The van der Waals surface area contributed by atoms with E-state index in [0.29, 0.717) is 18.8 Å². The van der Waals surface area contributed by atoms with Gasteiger partial charge in [0, 0.05) is 5.41 Å². The van der Waals surface area contributed by atoms with Crippen LogP contribution >= 0.6 is 0 Å². The van der Waals surface area contributed by atoms with Gasteiger partial charge < -0.3 is 9.84 Å². The van der Waals surface area contributed by atoms with Crippen LogP contribution in [0.25, 0.3) is 0 Å². The Hall–Kier alpha value is -1.88. The van der Waals surface area contributed by atoms with Gasteiger partial charge in [-0.25, -0.2) is 4.68 Å². The molecule has 114 valence electrons. The Balaban J connectivity index is 2.05. The maximum absolute atomic E-state index is 9.38. The molecule has 0 radical (unpaired) electrons. The summed E-state index contributed by atoms with van der Waals surface area (Å²) < 4.78 is 7.57. The van der Waals surface area contributed by atoms with Crippen molar-refractivity contribution in [1.29, 1.82) is 0 Å². The van der Waals surface area contributed by atoms with Gasteiger partial charge in [0.25, 0.3) is 0 Å². The van der Waals surface area contributed by atoms with Gasteiger partial charge in [-0.05, 0) is 24.6 Å². The monoisotopic (exact) mass is 289 g/mol. The van der Waals surface area contributed by atoms with Crippen molar-refractivity contribution in [3.63, 3.8) is 0 Å². The van der Waals surface area contributed by atoms with E-state index in [1.807, 2.05) is 35.9 Å². The Bertz CT molecular complexity index is 600. The van der Waals surface area contributed by atoms with E-state index in [9.17, 15) is 5.11 Å². The molecule has 0 atom stereocenters. The fourth-order valence-electron chi connectivity index (χ4n) is 2.39. The zero-order valence-electron chi connectivity index (χ0n) is 13.1. The zero-order valence-corrected chi connectivity index (χ0v) is 13.1. The van der Waals surface area contributed by atoms with Gasteiger partial charge in [0.1, 0.15) is 18.1 Å². The molecule has 0 saturated carbocycles. The fourth-order valence-corrected chi connectivity index (χ4v) is 2.39. The van der Waals surface area contributed by atoms with Crippen LogP contribution in [0, 0.1) is 6.92 Å². The van der Waals surface area contributed by atoms with Gasteiger partial charge in [0.2, 0.25) is 0 Å². The number of nitrogens with zero attached hydrogens (tertiary/aromatic N) is 3. The molecule has 0 saturated heterocycles. The summed E-state index contributed by atoms with van der Waals surface area (Å²) in [5, 5.41) is 17.6. The summed E-state index contributed by atoms with van der Waals surface area (Å²) in [5.41, 5.74) is 2.65. The smallest absolute Gasteiger partial charge is 0.119 e. The number of hydrogen-bond donors (Lipinski definition) is 1. The topological polar surface area (TPSA) is 60.2 Å². The maximum Gasteiger partial charge on any atom is 0.119 e. The molecule has 1 aromatic heterocycles. The second kappa shape index (κ2) is 6.26. The highest BCUT2D eigenvalue weighted by molar-refractivity contribution is 5.27. The minimum absolute atomic E-state index is 0.0919. The van der Waals surface area contributed by atoms with Crippen molar-refractivity contribution in [3.8, 4) is 5.75 Å². The van der Waals surface area contributed by atoms with Gasteiger partial charge in [-0.3, -0.25) is 0 Å². The minimum atomic E-state index is -0.120. The van der Waals surface area contributed by atoms with Crippen LogP contribution < -0.4 is 4.74 Å². The largest absolute Gasteiger partial charge is 0.492 e. The van der Waals surface area contributed by atoms with Gasteiger partial charge in [-0.1, -0.05) is 38.1 Å². The number of benzene rings is 1. The third-order valence-electron chi connectivity index (χ3n) is 3.23. The summed E-state index contributed by atoms with van der Waals surface area (Å²) >= 11 is 0. The minimum Gasteiger partial charge on any atom is -0.492 e. The Kier molecular flexibility index (Phi) is 4.63. The van der Waals surface area contributed by atoms with E-state index in [2.05, 4.69) is 31.1 Å². The first kappa shape index (κ1) is 15.5. The average molecular weight is 289 g/mol. The molecule has 5 heteroatoms. The van der Waals surface area contributed by atoms with E-state index in [1.165, 1.54) is 5.56 Å². The average Bonchev–Trinajstić information content (AvgIpc) is 2.82. The molecule has 2 rings (SSSR count). The van der Waals surface area contributed by atoms with Crippen LogP contribution in [0.3, 0.4) is 0 Å². The lowest BCUT2D eigenvalue weighted by atomic mass is 9.90. The van der Waals surface area contributed by atoms with Gasteiger partial charge in [0.05, 0.1) is 18.8 Å². The highest BCUT2D eigenvalue weighted by atomic mass is 16.5. The molecule has 1 N–H and O–H groups in total. The number of aliphatic hydroxyl groups excluding tert-OH is 1. The Morgan fingerprint density at radius 1 is 1.29 bits per heavy atom. The van der Waals surface area contributed by atoms with Crippen LogP contribution in [-0.2, 0) is 18.6 Å². The second-order valence-corrected chi connectivity index (χ2v) is 6.18. The lowest BCUT2D eigenvalue weighted by Gasteiger charge is -2.21. The van der Waals surface area contributed by atoms with E-state index < -0.39 is 0 Å². The normalized spacial score (nSPS) is 11.7. The number of rotatable bonds is 5. The molecule has 0 bridgehead atoms. The standard InChI is InChI=1S/C16H23N3O2/c1-12-6-5-7-13(10-12)21-9-8-19-15(16(2,3)4)14(11-20)17-18-19/h5-7,10,20H,8-9,11H2,1-4H3. The number of aryl methyl sites for hydroxylation is 1. The maximum atomic E-state index is 9.38. The molecule has 2 aromatic rings. The van der Waals surface area contributed by atoms with Crippen molar-refractivity contribution in [2.45, 2.75) is 46.3 Å². The molecule has 0 spiro atoms. The number of aliphatic hydroxyl groups is 1. The molecule has 0 amide bonds. The van der Waals surface area contributed by atoms with Crippen molar-refractivity contribution in [1.82, 2.24) is 15.0 Å². The number of ether oxygens (including phenoxy) is 1. The van der Waals surface area contributed by atoms with Crippen LogP contribution in [0.15, 0.2) is 24.3 Å². The molecule has 1 heterocycles. The zero-order chi connectivity index (χ0) is 15.5. The van der Waals surface area contributed by atoms with Crippen LogP contribution in [0.4, 0.5) is 0 Å². The van der Waals surface area contributed by atoms with E-state index >= 15 is 0 Å². The predicted molar refractivity (Wildman–Crippen MR) is 81.3 cm³/mol. The predicted octanol–water partition coefficient (Wildman–Crippen LogP) is 2.46. The Morgan fingerprint density at radius 2 is 2.05 bits per heavy atom. The van der Waals surface area contributed by atoms with Gasteiger partial charge in [0.15, 0.2) is 0 Å². The SMILES string of the molecule is Cc1cccc(OCCn2nnc(CO)c2C(C)(C)C)c1. The van der Waals surface area contributed by atoms with Crippen molar-refractivity contribution in [2.75, 3.05) is 6.61 Å². The molecule has 1 aromatic carbocycles. The first-order chi connectivity index (χ1) is 9.91. The molecule has 0 aliphatic heterocycles. The van der Waals surface area contributed by atoms with E-state index in [-0.39, 0.29) is 12.0 Å². The Labute approximate surface area is 125 Å². The summed E-state index contributed by atoms with van der Waals surface area (Å²) in [7, 11) is 0. The summed E-state index contributed by atoms with van der Waals surface area (Å²) in [5.74, 6) is 0.856. The van der Waals surface area contributed by atoms with Crippen molar-refractivity contribution in [3.05, 3.63) is 41.2 Å². The van der Waals surface area contributed by atoms with E-state index in [0.717, 1.165) is 11.4 Å². The third kappa shape index (κ3) is 3.82. The van der Waals surface area contributed by atoms with Crippen molar-refractivity contribution < 1.29 is 9.84 Å².